The van der Waals surface area contributed by atoms with E-state index in [0.29, 0.717) is 19.3 Å². The number of aliphatic hydroxyl groups excluding tert-OH is 2. The molecular formula is C58H107NO5. The van der Waals surface area contributed by atoms with Crippen LogP contribution in [0.3, 0.4) is 0 Å². The Kier molecular flexibility index (Phi) is 50.0. The fraction of sp³-hybridized carbons (Fsp3) is 0.828. The van der Waals surface area contributed by atoms with Gasteiger partial charge in [0.25, 0.3) is 0 Å². The molecule has 0 bridgehead atoms. The molecule has 0 fully saturated rings. The normalized spacial score (nSPS) is 13.5. The fourth-order valence-electron chi connectivity index (χ4n) is 8.42. The summed E-state index contributed by atoms with van der Waals surface area (Å²) < 4.78 is 5.93. The first-order chi connectivity index (χ1) is 31.5. The van der Waals surface area contributed by atoms with Crippen LogP contribution in [0.5, 0.6) is 0 Å². The molecule has 1 amide bonds. The third-order valence-corrected chi connectivity index (χ3v) is 12.7. The summed E-state index contributed by atoms with van der Waals surface area (Å²) in [6.07, 6.45) is 63.2. The van der Waals surface area contributed by atoms with Gasteiger partial charge in [-0.3, -0.25) is 9.59 Å². The van der Waals surface area contributed by atoms with E-state index in [1.807, 2.05) is 0 Å². The van der Waals surface area contributed by atoms with E-state index < -0.39 is 18.2 Å². The van der Waals surface area contributed by atoms with E-state index >= 15 is 0 Å². The number of aliphatic hydroxyl groups is 2. The van der Waals surface area contributed by atoms with Gasteiger partial charge in [0.1, 0.15) is 6.10 Å². The highest BCUT2D eigenvalue weighted by molar-refractivity contribution is 5.77. The topological polar surface area (TPSA) is 95.9 Å². The molecule has 3 N–H and O–H groups in total. The summed E-state index contributed by atoms with van der Waals surface area (Å²) in [5.41, 5.74) is 0. The number of hydrogen-bond acceptors (Lipinski definition) is 5. The zero-order valence-corrected chi connectivity index (χ0v) is 42.7. The third-order valence-electron chi connectivity index (χ3n) is 12.7. The average molecular weight is 898 g/mol. The van der Waals surface area contributed by atoms with Crippen molar-refractivity contribution >= 4 is 11.9 Å². The van der Waals surface area contributed by atoms with Crippen LogP contribution in [-0.4, -0.2) is 46.9 Å². The molecule has 0 aromatic rings. The molecule has 374 valence electrons. The standard InChI is InChI=1S/C58H107NO5/c1-4-7-10-13-16-19-22-25-27-29-30-32-34-37-40-43-46-49-54(64-58(63)51-48-45-42-39-36-33-31-28-26-23-20-17-14-11-8-5-2)52-57(62)59-55(53-60)56(61)50-47-44-41-38-35-24-21-18-15-12-9-6-3/h16,19,25,27,30,32,37,40,54-56,60-61H,4-15,17-18,20-24,26,28-29,31,33-36,38-39,41-53H2,1-3H3,(H,59,62)/b19-16-,27-25-,32-30-,40-37-. The number of esters is 1. The second-order valence-electron chi connectivity index (χ2n) is 19.0. The highest BCUT2D eigenvalue weighted by atomic mass is 16.5. The molecule has 0 spiro atoms. The van der Waals surface area contributed by atoms with Crippen molar-refractivity contribution in [1.29, 1.82) is 0 Å². The van der Waals surface area contributed by atoms with Crippen molar-refractivity contribution in [1.82, 2.24) is 5.32 Å². The summed E-state index contributed by atoms with van der Waals surface area (Å²) in [5, 5.41) is 23.8. The predicted molar refractivity (Wildman–Crippen MR) is 278 cm³/mol. The van der Waals surface area contributed by atoms with Gasteiger partial charge < -0.3 is 20.3 Å². The number of unbranched alkanes of at least 4 members (excludes halogenated alkanes) is 30. The van der Waals surface area contributed by atoms with Gasteiger partial charge in [-0.2, -0.15) is 0 Å². The van der Waals surface area contributed by atoms with E-state index in [9.17, 15) is 19.8 Å². The maximum Gasteiger partial charge on any atom is 0.306 e. The highest BCUT2D eigenvalue weighted by Gasteiger charge is 2.24. The van der Waals surface area contributed by atoms with Crippen molar-refractivity contribution in [3.8, 4) is 0 Å². The summed E-state index contributed by atoms with van der Waals surface area (Å²) in [7, 11) is 0. The summed E-state index contributed by atoms with van der Waals surface area (Å²) in [6, 6.07) is -0.717. The quantitative estimate of drug-likeness (QED) is 0.0321. The minimum atomic E-state index is -0.801. The first-order valence-corrected chi connectivity index (χ1v) is 27.9. The maximum atomic E-state index is 13.2. The zero-order valence-electron chi connectivity index (χ0n) is 42.7. The zero-order chi connectivity index (χ0) is 46.7. The second-order valence-corrected chi connectivity index (χ2v) is 19.0. The Labute approximate surface area is 397 Å². The summed E-state index contributed by atoms with van der Waals surface area (Å²) in [4.78, 5) is 26.2. The number of carbonyl (C=O) groups is 2. The van der Waals surface area contributed by atoms with Crippen LogP contribution in [0.1, 0.15) is 284 Å². The molecule has 64 heavy (non-hydrogen) atoms. The largest absolute Gasteiger partial charge is 0.462 e. The van der Waals surface area contributed by atoms with Gasteiger partial charge in [-0.1, -0.05) is 256 Å². The second kappa shape index (κ2) is 51.8. The van der Waals surface area contributed by atoms with Crippen LogP contribution in [0.15, 0.2) is 48.6 Å². The van der Waals surface area contributed by atoms with E-state index in [4.69, 9.17) is 4.74 Å². The van der Waals surface area contributed by atoms with Gasteiger partial charge in [0, 0.05) is 6.42 Å². The number of allylic oxidation sites excluding steroid dienone is 8. The minimum Gasteiger partial charge on any atom is -0.462 e. The molecule has 0 aliphatic carbocycles. The maximum absolute atomic E-state index is 13.2. The molecule has 0 aliphatic rings. The minimum absolute atomic E-state index is 0.0428. The molecule has 0 heterocycles. The van der Waals surface area contributed by atoms with Gasteiger partial charge >= 0.3 is 5.97 Å². The molecule has 3 unspecified atom stereocenters. The number of hydrogen-bond donors (Lipinski definition) is 3. The molecule has 0 aromatic heterocycles. The number of nitrogens with one attached hydrogen (secondary N) is 1. The van der Waals surface area contributed by atoms with Crippen LogP contribution in [0.25, 0.3) is 0 Å². The Morgan fingerprint density at radius 2 is 0.812 bits per heavy atom. The van der Waals surface area contributed by atoms with Gasteiger partial charge in [0.05, 0.1) is 25.2 Å². The van der Waals surface area contributed by atoms with Crippen molar-refractivity contribution in [2.75, 3.05) is 6.61 Å². The lowest BCUT2D eigenvalue weighted by Gasteiger charge is -2.24. The van der Waals surface area contributed by atoms with Crippen molar-refractivity contribution in [2.45, 2.75) is 302 Å². The molecular weight excluding hydrogens is 791 g/mol. The van der Waals surface area contributed by atoms with E-state index in [-0.39, 0.29) is 24.9 Å². The molecule has 0 saturated carbocycles. The van der Waals surface area contributed by atoms with Crippen LogP contribution in [0, 0.1) is 0 Å². The van der Waals surface area contributed by atoms with Crippen molar-refractivity contribution in [3.05, 3.63) is 48.6 Å². The lowest BCUT2D eigenvalue weighted by Crippen LogP contribution is -2.46. The molecule has 0 aromatic carbocycles. The molecule has 0 saturated heterocycles. The molecule has 6 nitrogen and oxygen atoms in total. The Balaban J connectivity index is 4.65. The monoisotopic (exact) mass is 898 g/mol. The third kappa shape index (κ3) is 46.4. The number of amides is 1. The smallest absolute Gasteiger partial charge is 0.306 e. The highest BCUT2D eigenvalue weighted by Crippen LogP contribution is 2.18. The first kappa shape index (κ1) is 61.8. The van der Waals surface area contributed by atoms with Gasteiger partial charge in [0.2, 0.25) is 5.91 Å². The van der Waals surface area contributed by atoms with E-state index in [1.165, 1.54) is 167 Å². The van der Waals surface area contributed by atoms with Gasteiger partial charge in [-0.15, -0.1) is 0 Å². The van der Waals surface area contributed by atoms with Gasteiger partial charge in [-0.05, 0) is 64.2 Å². The van der Waals surface area contributed by atoms with Crippen molar-refractivity contribution in [3.63, 3.8) is 0 Å². The summed E-state index contributed by atoms with van der Waals surface area (Å²) in [6.45, 7) is 6.46. The molecule has 0 radical (unpaired) electrons. The molecule has 0 aliphatic heterocycles. The van der Waals surface area contributed by atoms with Crippen molar-refractivity contribution in [2.24, 2.45) is 0 Å². The van der Waals surface area contributed by atoms with Crippen LogP contribution in [0.4, 0.5) is 0 Å². The molecule has 6 heteroatoms. The van der Waals surface area contributed by atoms with Gasteiger partial charge in [-0.25, -0.2) is 0 Å². The van der Waals surface area contributed by atoms with E-state index in [1.54, 1.807) is 0 Å². The predicted octanol–water partition coefficient (Wildman–Crippen LogP) is 17.0. The van der Waals surface area contributed by atoms with Gasteiger partial charge in [0.15, 0.2) is 0 Å². The number of carbonyl (C=O) groups excluding carboxylic acids is 2. The van der Waals surface area contributed by atoms with Crippen LogP contribution in [-0.2, 0) is 14.3 Å². The average Bonchev–Trinajstić information content (AvgIpc) is 3.29. The Morgan fingerprint density at radius 3 is 1.23 bits per heavy atom. The molecule has 3 atom stereocenters. The Morgan fingerprint density at radius 1 is 0.453 bits per heavy atom. The van der Waals surface area contributed by atoms with Crippen LogP contribution < -0.4 is 5.32 Å². The van der Waals surface area contributed by atoms with Crippen LogP contribution in [0.2, 0.25) is 0 Å². The lowest BCUT2D eigenvalue weighted by molar-refractivity contribution is -0.151. The first-order valence-electron chi connectivity index (χ1n) is 27.9. The van der Waals surface area contributed by atoms with Crippen molar-refractivity contribution < 1.29 is 24.5 Å². The summed E-state index contributed by atoms with van der Waals surface area (Å²) >= 11 is 0. The number of rotatable bonds is 50. The molecule has 0 rings (SSSR count). The summed E-state index contributed by atoms with van der Waals surface area (Å²) in [5.74, 6) is -0.516. The number of ether oxygens (including phenoxy) is 1. The Hall–Kier alpha value is -2.18. The van der Waals surface area contributed by atoms with Crippen LogP contribution >= 0.6 is 0 Å². The van der Waals surface area contributed by atoms with E-state index in [2.05, 4.69) is 74.7 Å². The van der Waals surface area contributed by atoms with E-state index in [0.717, 1.165) is 70.6 Å². The fourth-order valence-corrected chi connectivity index (χ4v) is 8.42. The Bertz CT molecular complexity index is 1100. The SMILES string of the molecule is CCCCC/C=C\C/C=C\C/C=C\C/C=C\CCCC(CC(=O)NC(CO)C(O)CCCCCCCCCCCCCC)OC(=O)CCCCCCCCCCCCCCCCCC. The lowest BCUT2D eigenvalue weighted by atomic mass is 10.0.